The normalized spacial score (nSPS) is 59.3. The molecule has 6 aliphatic heterocycles. The van der Waals surface area contributed by atoms with Crippen molar-refractivity contribution in [3.63, 3.8) is 0 Å². The van der Waals surface area contributed by atoms with Crippen LogP contribution in [0.4, 0.5) is 0 Å². The molecule has 14 N–H and O–H groups in total. The van der Waals surface area contributed by atoms with Crippen molar-refractivity contribution in [2.75, 3.05) is 33.0 Å². The van der Waals surface area contributed by atoms with E-state index in [0.29, 0.717) is 18.9 Å². The van der Waals surface area contributed by atoms with Crippen LogP contribution in [0.15, 0.2) is 0 Å². The van der Waals surface area contributed by atoms with Crippen molar-refractivity contribution in [1.82, 2.24) is 0 Å². The van der Waals surface area contributed by atoms with Crippen LogP contribution >= 0.6 is 0 Å². The second kappa shape index (κ2) is 20.6. The third-order valence-electron chi connectivity index (χ3n) is 19.8. The first kappa shape index (κ1) is 55.4. The van der Waals surface area contributed by atoms with Crippen LogP contribution in [0.2, 0.25) is 0 Å². The molecule has 0 aromatic carbocycles. The molecule has 0 aromatic heterocycles. The zero-order valence-corrected chi connectivity index (χ0v) is 41.7. The van der Waals surface area contributed by atoms with Crippen molar-refractivity contribution in [2.24, 2.45) is 46.3 Å². The van der Waals surface area contributed by atoms with Gasteiger partial charge in [0, 0.05) is 24.2 Å². The van der Waals surface area contributed by atoms with Gasteiger partial charge in [-0.1, -0.05) is 27.7 Å². The summed E-state index contributed by atoms with van der Waals surface area (Å²) in [5, 5.41) is 155. The Labute approximate surface area is 422 Å². The summed E-state index contributed by atoms with van der Waals surface area (Å²) in [5.41, 5.74) is -2.77. The Kier molecular flexibility index (Phi) is 15.6. The number of rotatable bonds is 10. The van der Waals surface area contributed by atoms with E-state index < -0.39 is 172 Å². The maximum Gasteiger partial charge on any atom is 0.187 e. The average molecular weight is 1050 g/mol. The third-order valence-corrected chi connectivity index (χ3v) is 19.8. The summed E-state index contributed by atoms with van der Waals surface area (Å²) in [6.07, 6.45) is -30.9. The van der Waals surface area contributed by atoms with Crippen molar-refractivity contribution in [3.8, 4) is 0 Å². The van der Waals surface area contributed by atoms with E-state index in [4.69, 9.17) is 47.4 Å². The first-order valence-electron chi connectivity index (χ1n) is 26.4. The number of hydrogen-bond donors (Lipinski definition) is 14. The molecule has 10 aliphatic rings. The van der Waals surface area contributed by atoms with Crippen molar-refractivity contribution in [2.45, 2.75) is 225 Å². The largest absolute Gasteiger partial charge is 0.394 e. The maximum absolute atomic E-state index is 12.8. The number of aliphatic hydroxyl groups excluding tert-OH is 13. The number of aliphatic hydroxyl groups is 14. The lowest BCUT2D eigenvalue weighted by atomic mass is 9.42. The lowest BCUT2D eigenvalue weighted by molar-refractivity contribution is -0.395. The average Bonchev–Trinajstić information content (AvgIpc) is 3.81. The first-order chi connectivity index (χ1) is 34.5. The van der Waals surface area contributed by atoms with Crippen molar-refractivity contribution < 1.29 is 119 Å². The fourth-order valence-corrected chi connectivity index (χ4v) is 15.7. The minimum absolute atomic E-state index is 0.0201. The summed E-state index contributed by atoms with van der Waals surface area (Å²) in [6.45, 7) is 6.62. The van der Waals surface area contributed by atoms with Gasteiger partial charge in [-0.3, -0.25) is 0 Å². The minimum Gasteiger partial charge on any atom is -0.394 e. The van der Waals surface area contributed by atoms with Crippen molar-refractivity contribution in [3.05, 3.63) is 0 Å². The molecule has 4 aliphatic carbocycles. The number of fused-ring (bicyclic) bond motifs is 7. The van der Waals surface area contributed by atoms with E-state index in [-0.39, 0.29) is 54.0 Å². The highest BCUT2D eigenvalue weighted by Crippen LogP contribution is 2.72. The summed E-state index contributed by atoms with van der Waals surface area (Å²) in [6, 6.07) is 0. The molecular formula is C49H80O24. The molecule has 0 amide bonds. The quantitative estimate of drug-likeness (QED) is 0.0916. The van der Waals surface area contributed by atoms with E-state index in [1.807, 2.05) is 6.92 Å². The zero-order valence-electron chi connectivity index (χ0n) is 41.7. The summed E-state index contributed by atoms with van der Waals surface area (Å²) >= 11 is 0. The maximum atomic E-state index is 12.8. The topological polar surface area (TPSA) is 376 Å². The predicted molar refractivity (Wildman–Crippen MR) is 240 cm³/mol. The molecule has 1 spiro atoms. The van der Waals surface area contributed by atoms with Crippen molar-refractivity contribution >= 4 is 0 Å². The van der Waals surface area contributed by atoms with Gasteiger partial charge in [0.1, 0.15) is 85.5 Å². The van der Waals surface area contributed by atoms with Gasteiger partial charge in [-0.15, -0.1) is 0 Å². The standard InChI is InChI=1S/C49H80O24/c1-18-5-8-49(66-15-18)19(2)31-26(73-49)10-22-20-9-30(55)48(63)12-27(23(52)11-47(48,4)21(20)6-7-46(22,31)3)67-43-38(62)35(59)40(29(14-51)69-43)71-45-41(72-44-37(61)34(58)33(57)28(13-50)68-44)39(25(54)17-65-45)70-42-36(60)32(56)24(53)16-64-42/h18-45,50-63H,5-17H2,1-4H3/t18?,19-,20?,21?,22?,23+,24-,25-,26?,27?,28?,29?,30+,31?,32?,33?,34?,35?,36?,37?,38?,39?,40-,41?,42-,43+,44?,45-,46-,47+,48-,49+/m0/s1. The Hall–Kier alpha value is -0.960. The molecule has 0 radical (unpaired) electrons. The third kappa shape index (κ3) is 9.09. The Morgan fingerprint density at radius 1 is 0.562 bits per heavy atom. The summed E-state index contributed by atoms with van der Waals surface area (Å²) < 4.78 is 60.4. The van der Waals surface area contributed by atoms with Gasteiger partial charge >= 0.3 is 0 Å². The lowest BCUT2D eigenvalue weighted by Gasteiger charge is -2.66. The first-order valence-corrected chi connectivity index (χ1v) is 26.4. The van der Waals surface area contributed by atoms with E-state index >= 15 is 0 Å². The smallest absolute Gasteiger partial charge is 0.187 e. The summed E-state index contributed by atoms with van der Waals surface area (Å²) in [4.78, 5) is 0. The summed E-state index contributed by atoms with van der Waals surface area (Å²) in [5.74, 6) is 0.581. The fraction of sp³-hybridized carbons (Fsp3) is 1.00. The van der Waals surface area contributed by atoms with E-state index in [2.05, 4.69) is 20.8 Å². The molecule has 10 fully saturated rings. The van der Waals surface area contributed by atoms with Gasteiger partial charge in [-0.25, -0.2) is 0 Å². The number of ether oxygens (including phenoxy) is 10. The molecule has 6 heterocycles. The van der Waals surface area contributed by atoms with E-state index in [1.54, 1.807) is 0 Å². The van der Waals surface area contributed by atoms with Crippen LogP contribution in [0.3, 0.4) is 0 Å². The predicted octanol–water partition coefficient (Wildman–Crippen LogP) is -4.57. The highest BCUT2D eigenvalue weighted by Gasteiger charge is 2.73. The SMILES string of the molecule is CC1CC[C@@]2(OC1)OC1CC3C4C[C@@H](O)[C@@]5(O)CC(O[C@@H]6OC(CO)[C@H](O[C@@H]7OC[C@H](O)C(O[C@@H]8OC[C@H](O)C(O)C8O)C7OC7OC(CO)C(O)C(O)C7O)C(O)C6O)[C@H](O)C[C@]5(C)C4CC[C@]3(C)C1[C@@H]2C. The Balaban J connectivity index is 0.830. The Morgan fingerprint density at radius 3 is 1.89 bits per heavy atom. The minimum atomic E-state index is -2.00. The molecule has 19 unspecified atom stereocenters. The van der Waals surface area contributed by atoms with Crippen LogP contribution in [0.25, 0.3) is 0 Å². The molecule has 24 heteroatoms. The van der Waals surface area contributed by atoms with Gasteiger partial charge in [-0.05, 0) is 73.5 Å². The van der Waals surface area contributed by atoms with Gasteiger partial charge < -0.3 is 119 Å². The van der Waals surface area contributed by atoms with Gasteiger partial charge in [-0.2, -0.15) is 0 Å². The molecule has 6 saturated heterocycles. The van der Waals surface area contributed by atoms with E-state index in [0.717, 1.165) is 32.1 Å². The second-order valence-electron chi connectivity index (χ2n) is 23.9. The fourth-order valence-electron chi connectivity index (χ4n) is 15.7. The molecule has 24 nitrogen and oxygen atoms in total. The highest BCUT2D eigenvalue weighted by molar-refractivity contribution is 5.21. The van der Waals surface area contributed by atoms with Crippen LogP contribution in [-0.2, 0) is 47.4 Å². The molecule has 4 saturated carbocycles. The van der Waals surface area contributed by atoms with Crippen LogP contribution < -0.4 is 0 Å². The molecule has 32 atom stereocenters. The van der Waals surface area contributed by atoms with Crippen LogP contribution in [0.1, 0.15) is 79.1 Å². The second-order valence-corrected chi connectivity index (χ2v) is 23.9. The van der Waals surface area contributed by atoms with Gasteiger partial charge in [0.2, 0.25) is 0 Å². The molecule has 420 valence electrons. The molecular weight excluding hydrogens is 973 g/mol. The Morgan fingerprint density at radius 2 is 1.19 bits per heavy atom. The van der Waals surface area contributed by atoms with E-state index in [1.165, 1.54) is 0 Å². The summed E-state index contributed by atoms with van der Waals surface area (Å²) in [7, 11) is 0. The van der Waals surface area contributed by atoms with Gasteiger partial charge in [0.25, 0.3) is 0 Å². The van der Waals surface area contributed by atoms with Crippen LogP contribution in [-0.4, -0.2) is 251 Å². The molecule has 10 rings (SSSR count). The number of hydrogen-bond acceptors (Lipinski definition) is 24. The molecule has 0 bridgehead atoms. The van der Waals surface area contributed by atoms with Gasteiger partial charge in [0.05, 0.1) is 63.1 Å². The lowest BCUT2D eigenvalue weighted by Crippen LogP contribution is -2.71. The monoisotopic (exact) mass is 1050 g/mol. The van der Waals surface area contributed by atoms with Gasteiger partial charge in [0.15, 0.2) is 30.9 Å². The van der Waals surface area contributed by atoms with E-state index in [9.17, 15) is 71.5 Å². The molecule has 73 heavy (non-hydrogen) atoms. The highest BCUT2D eigenvalue weighted by atomic mass is 16.8. The Bertz CT molecular complexity index is 1900. The zero-order chi connectivity index (χ0) is 52.4. The van der Waals surface area contributed by atoms with Crippen molar-refractivity contribution in [1.29, 1.82) is 0 Å². The molecule has 0 aromatic rings. The van der Waals surface area contributed by atoms with Crippen LogP contribution in [0.5, 0.6) is 0 Å². The van der Waals surface area contributed by atoms with Crippen LogP contribution in [0, 0.1) is 46.3 Å².